The fourth-order valence-corrected chi connectivity index (χ4v) is 5.10. The minimum absolute atomic E-state index is 0.252. The number of halogens is 1. The lowest BCUT2D eigenvalue weighted by molar-refractivity contribution is 0.0962. The van der Waals surface area contributed by atoms with Gasteiger partial charge in [0.15, 0.2) is 5.65 Å². The molecule has 10 nitrogen and oxygen atoms in total. The highest BCUT2D eigenvalue weighted by Crippen LogP contribution is 2.37. The minimum Gasteiger partial charge on any atom is -0.465 e. The van der Waals surface area contributed by atoms with Crippen LogP contribution in [0, 0.1) is 0 Å². The van der Waals surface area contributed by atoms with Gasteiger partial charge in [-0.1, -0.05) is 41.5 Å². The number of carboxylic acid groups (broad SMARTS) is 1. The molecule has 2 heterocycles. The number of carbonyl (C=O) groups excluding carboxylic acids is 1. The molecule has 12 heteroatoms. The van der Waals surface area contributed by atoms with E-state index in [1.54, 1.807) is 24.3 Å². The summed E-state index contributed by atoms with van der Waals surface area (Å²) in [7, 11) is 0. The number of pyridine rings is 1. The van der Waals surface area contributed by atoms with E-state index in [-0.39, 0.29) is 11.8 Å². The lowest BCUT2D eigenvalue weighted by atomic mass is 10.1. The van der Waals surface area contributed by atoms with Crippen molar-refractivity contribution >= 4 is 73.6 Å². The first-order chi connectivity index (χ1) is 20.2. The van der Waals surface area contributed by atoms with Gasteiger partial charge < -0.3 is 10.4 Å². The van der Waals surface area contributed by atoms with E-state index in [4.69, 9.17) is 5.11 Å². The van der Waals surface area contributed by atoms with Gasteiger partial charge in [-0.25, -0.2) is 19.7 Å². The van der Waals surface area contributed by atoms with Crippen molar-refractivity contribution in [3.05, 3.63) is 101 Å². The summed E-state index contributed by atoms with van der Waals surface area (Å²) in [4.78, 5) is 39.3. The van der Waals surface area contributed by atoms with Gasteiger partial charge in [0.2, 0.25) is 0 Å². The Bertz CT molecular complexity index is 1750. The zero-order valence-electron chi connectivity index (χ0n) is 22.6. The van der Waals surface area contributed by atoms with Crippen LogP contribution in [0.4, 0.5) is 27.7 Å². The van der Waals surface area contributed by atoms with E-state index in [1.807, 2.05) is 54.6 Å². The van der Waals surface area contributed by atoms with Crippen LogP contribution in [-0.4, -0.2) is 32.1 Å². The fraction of sp³-hybridized carbons (Fsp3) is 0.100. The molecule has 3 aromatic carbocycles. The molecular weight excluding hydrogens is 618 g/mol. The van der Waals surface area contributed by atoms with Crippen LogP contribution in [0.3, 0.4) is 0 Å². The molecule has 42 heavy (non-hydrogen) atoms. The summed E-state index contributed by atoms with van der Waals surface area (Å²) in [5.74, 6) is 0.482. The summed E-state index contributed by atoms with van der Waals surface area (Å²) in [6.07, 6.45) is 0.332. The van der Waals surface area contributed by atoms with Gasteiger partial charge in [0.05, 0.1) is 16.8 Å². The smallest absolute Gasteiger partial charge is 0.409 e. The number of anilines is 4. The van der Waals surface area contributed by atoms with Crippen LogP contribution in [-0.2, 0) is 0 Å². The molecule has 0 unspecified atom stereocenters. The first kappa shape index (κ1) is 28.8. The van der Waals surface area contributed by atoms with Gasteiger partial charge in [0, 0.05) is 31.2 Å². The molecule has 0 fully saturated rings. The monoisotopic (exact) mass is 643 g/mol. The molecule has 212 valence electrons. The highest BCUT2D eigenvalue weighted by molar-refractivity contribution is 9.10. The van der Waals surface area contributed by atoms with Gasteiger partial charge in [-0.2, -0.15) is 0 Å². The predicted molar refractivity (Wildman–Crippen MR) is 169 cm³/mol. The first-order valence-corrected chi connectivity index (χ1v) is 14.5. The quantitative estimate of drug-likeness (QED) is 0.102. The zero-order chi connectivity index (χ0) is 29.6. The maximum absolute atomic E-state index is 13.1. The second-order valence-electron chi connectivity index (χ2n) is 9.46. The number of hydrazine groups is 1. The van der Waals surface area contributed by atoms with Gasteiger partial charge in [-0.15, -0.1) is 0 Å². The minimum atomic E-state index is -1.13. The molecule has 0 aliphatic heterocycles. The second kappa shape index (κ2) is 12.9. The number of carbonyl (C=O) groups is 2. The molecule has 5 N–H and O–H groups in total. The topological polar surface area (TPSA) is 141 Å². The highest BCUT2D eigenvalue weighted by Gasteiger charge is 2.15. The van der Waals surface area contributed by atoms with Gasteiger partial charge >= 0.3 is 6.09 Å². The third kappa shape index (κ3) is 7.14. The number of rotatable bonds is 9. The van der Waals surface area contributed by atoms with E-state index < -0.39 is 6.09 Å². The molecule has 2 amide bonds. The number of fused-ring (bicyclic) bond motifs is 1. The van der Waals surface area contributed by atoms with Crippen LogP contribution >= 0.6 is 27.7 Å². The van der Waals surface area contributed by atoms with Crippen molar-refractivity contribution in [2.24, 2.45) is 0 Å². The predicted octanol–water partition coefficient (Wildman–Crippen LogP) is 7.65. The molecule has 2 aromatic heterocycles. The van der Waals surface area contributed by atoms with Gasteiger partial charge in [-0.05, 0) is 84.8 Å². The lowest BCUT2D eigenvalue weighted by Gasteiger charge is -2.15. The Hall–Kier alpha value is -4.68. The van der Waals surface area contributed by atoms with Crippen molar-refractivity contribution in [2.45, 2.75) is 29.6 Å². The van der Waals surface area contributed by atoms with E-state index in [9.17, 15) is 9.59 Å². The summed E-state index contributed by atoms with van der Waals surface area (Å²) in [5.41, 5.74) is 9.44. The molecule has 5 rings (SSSR count). The van der Waals surface area contributed by atoms with Gasteiger partial charge in [0.25, 0.3) is 5.91 Å². The number of nitrogens with one attached hydrogen (secondary N) is 4. The lowest BCUT2D eigenvalue weighted by Crippen LogP contribution is -2.29. The Labute approximate surface area is 254 Å². The van der Waals surface area contributed by atoms with E-state index in [0.29, 0.717) is 28.4 Å². The summed E-state index contributed by atoms with van der Waals surface area (Å²) < 4.78 is 0.934. The van der Waals surface area contributed by atoms with Crippen LogP contribution in [0.25, 0.3) is 11.0 Å². The Morgan fingerprint density at radius 2 is 1.64 bits per heavy atom. The SMILES string of the molecule is CC(C)c1ccc2c(Nc3cc(C(=O)NNc4ccc(Br)cc4)ccc3Sc3ccc(NC(=O)O)cc3)ncnc2n1. The molecule has 0 aliphatic rings. The third-order valence-electron chi connectivity index (χ3n) is 6.10. The van der Waals surface area contributed by atoms with Crippen LogP contribution in [0.1, 0.15) is 35.8 Å². The molecule has 0 bridgehead atoms. The molecule has 0 saturated heterocycles. The fourth-order valence-electron chi connectivity index (χ4n) is 3.95. The first-order valence-electron chi connectivity index (χ1n) is 12.9. The molecule has 0 spiro atoms. The number of amides is 2. The Kier molecular flexibility index (Phi) is 8.84. The molecular formula is C30H26BrN7O3S. The maximum Gasteiger partial charge on any atom is 0.409 e. The number of nitrogens with zero attached hydrogens (tertiary/aromatic N) is 3. The number of hydrogen-bond donors (Lipinski definition) is 5. The number of benzene rings is 3. The standard InChI is InChI=1S/C30H26BrN7O3S/c1-17(2)24-13-12-23-27(35-24)32-16-33-28(23)36-25-15-18(29(39)38-37-21-6-4-19(31)5-7-21)3-14-26(25)42-22-10-8-20(9-11-22)34-30(40)41/h3-17,34,37H,1-2H3,(H,38,39)(H,40,41)(H,32,33,35,36). The Balaban J connectivity index is 1.45. The number of aromatic nitrogens is 3. The van der Waals surface area contributed by atoms with Crippen LogP contribution in [0.15, 0.2) is 99.5 Å². The van der Waals surface area contributed by atoms with Gasteiger partial charge in [-0.3, -0.25) is 21.0 Å². The zero-order valence-corrected chi connectivity index (χ0v) is 25.0. The second-order valence-corrected chi connectivity index (χ2v) is 11.5. The average molecular weight is 645 g/mol. The molecule has 0 atom stereocenters. The van der Waals surface area contributed by atoms with Crippen LogP contribution in [0.5, 0.6) is 0 Å². The Morgan fingerprint density at radius 1 is 0.905 bits per heavy atom. The van der Waals surface area contributed by atoms with Crippen LogP contribution < -0.4 is 21.5 Å². The van der Waals surface area contributed by atoms with Crippen molar-refractivity contribution < 1.29 is 14.7 Å². The van der Waals surface area contributed by atoms with Crippen LogP contribution in [0.2, 0.25) is 0 Å². The van der Waals surface area contributed by atoms with Crippen molar-refractivity contribution in [3.8, 4) is 0 Å². The molecule has 5 aromatic rings. The molecule has 0 aliphatic carbocycles. The largest absolute Gasteiger partial charge is 0.465 e. The summed E-state index contributed by atoms with van der Waals surface area (Å²) in [5, 5.41) is 15.4. The molecule has 0 saturated carbocycles. The average Bonchev–Trinajstić information content (AvgIpc) is 2.98. The van der Waals surface area contributed by atoms with Crippen molar-refractivity contribution in [1.82, 2.24) is 20.4 Å². The number of hydrogen-bond acceptors (Lipinski definition) is 8. The van der Waals surface area contributed by atoms with Crippen molar-refractivity contribution in [2.75, 3.05) is 16.1 Å². The van der Waals surface area contributed by atoms with E-state index >= 15 is 0 Å². The Morgan fingerprint density at radius 3 is 2.36 bits per heavy atom. The normalized spacial score (nSPS) is 10.9. The van der Waals surface area contributed by atoms with Crippen molar-refractivity contribution in [3.63, 3.8) is 0 Å². The summed E-state index contributed by atoms with van der Waals surface area (Å²) >= 11 is 4.86. The van der Waals surface area contributed by atoms with Gasteiger partial charge in [0.1, 0.15) is 12.1 Å². The van der Waals surface area contributed by atoms with E-state index in [0.717, 1.165) is 31.0 Å². The summed E-state index contributed by atoms with van der Waals surface area (Å²) in [6, 6.07) is 23.7. The van der Waals surface area contributed by atoms with Crippen molar-refractivity contribution in [1.29, 1.82) is 0 Å². The maximum atomic E-state index is 13.1. The molecule has 0 radical (unpaired) electrons. The summed E-state index contributed by atoms with van der Waals surface area (Å²) in [6.45, 7) is 4.15. The highest BCUT2D eigenvalue weighted by atomic mass is 79.9. The third-order valence-corrected chi connectivity index (χ3v) is 7.72. The van der Waals surface area contributed by atoms with E-state index in [2.05, 4.69) is 66.2 Å². The van der Waals surface area contributed by atoms with E-state index in [1.165, 1.54) is 18.1 Å².